The molecule has 130 valence electrons. The van der Waals surface area contributed by atoms with E-state index in [1.54, 1.807) is 23.6 Å². The molecular formula is C18H14N4O2S2. The van der Waals surface area contributed by atoms with Gasteiger partial charge in [0.05, 0.1) is 11.7 Å². The molecule has 0 saturated heterocycles. The summed E-state index contributed by atoms with van der Waals surface area (Å²) in [7, 11) is 0. The summed E-state index contributed by atoms with van der Waals surface area (Å²) in [6, 6.07) is 7.58. The molecule has 26 heavy (non-hydrogen) atoms. The molecule has 8 heteroatoms. The lowest BCUT2D eigenvalue weighted by Crippen LogP contribution is -2.28. The van der Waals surface area contributed by atoms with Crippen molar-refractivity contribution >= 4 is 44.6 Å². The smallest absolute Gasteiger partial charge is 0.263 e. The average Bonchev–Trinajstić information content (AvgIpc) is 3.29. The summed E-state index contributed by atoms with van der Waals surface area (Å²) in [5, 5.41) is 7.20. The second kappa shape index (κ2) is 6.81. The number of amides is 1. The van der Waals surface area contributed by atoms with Gasteiger partial charge in [0.15, 0.2) is 0 Å². The molecule has 4 rings (SSSR count). The number of nitrogens with zero attached hydrogens (tertiary/aromatic N) is 3. The van der Waals surface area contributed by atoms with Crippen LogP contribution in [0.15, 0.2) is 52.3 Å². The molecule has 0 unspecified atom stereocenters. The molecule has 0 aliphatic carbocycles. The molecule has 4 aromatic rings. The van der Waals surface area contributed by atoms with Crippen molar-refractivity contribution in [2.24, 2.45) is 0 Å². The largest absolute Gasteiger partial charge is 0.309 e. The van der Waals surface area contributed by atoms with Gasteiger partial charge in [-0.25, -0.2) is 9.97 Å². The Morgan fingerprint density at radius 2 is 2.12 bits per heavy atom. The van der Waals surface area contributed by atoms with E-state index >= 15 is 0 Å². The third-order valence-corrected chi connectivity index (χ3v) is 5.72. The number of rotatable bonds is 4. The van der Waals surface area contributed by atoms with Crippen molar-refractivity contribution in [3.63, 3.8) is 0 Å². The minimum absolute atomic E-state index is 0.114. The minimum Gasteiger partial charge on any atom is -0.309 e. The lowest BCUT2D eigenvalue weighted by atomic mass is 10.2. The fraction of sp³-hybridized carbons (Fsp3) is 0.111. The van der Waals surface area contributed by atoms with Crippen molar-refractivity contribution in [1.82, 2.24) is 14.5 Å². The van der Waals surface area contributed by atoms with Gasteiger partial charge in [0, 0.05) is 22.0 Å². The Bertz CT molecular complexity index is 1150. The zero-order valence-electron chi connectivity index (χ0n) is 13.8. The quantitative estimate of drug-likeness (QED) is 0.586. The fourth-order valence-electron chi connectivity index (χ4n) is 2.64. The molecule has 0 aliphatic rings. The summed E-state index contributed by atoms with van der Waals surface area (Å²) in [6.07, 6.45) is 3.03. The maximum Gasteiger partial charge on any atom is 0.263 e. The molecule has 0 fully saturated rings. The topological polar surface area (TPSA) is 76.9 Å². The average molecular weight is 382 g/mol. The highest BCUT2D eigenvalue weighted by Gasteiger charge is 2.15. The number of carbonyl (C=O) groups is 1. The number of anilines is 1. The van der Waals surface area contributed by atoms with E-state index in [4.69, 9.17) is 0 Å². The van der Waals surface area contributed by atoms with E-state index in [0.29, 0.717) is 16.0 Å². The van der Waals surface area contributed by atoms with Crippen molar-refractivity contribution in [3.8, 4) is 10.4 Å². The highest BCUT2D eigenvalue weighted by Crippen LogP contribution is 2.33. The third-order valence-electron chi connectivity index (χ3n) is 3.93. The molecule has 0 aromatic carbocycles. The summed E-state index contributed by atoms with van der Waals surface area (Å²) in [4.78, 5) is 35.4. The SMILES string of the molecule is Cc1cccnc1NC(=O)Cn1cnc2scc(-c3cccs3)c2c1=O. The molecule has 0 atom stereocenters. The first-order valence-electron chi connectivity index (χ1n) is 7.85. The van der Waals surface area contributed by atoms with Crippen LogP contribution in [0.5, 0.6) is 0 Å². The number of hydrogen-bond acceptors (Lipinski definition) is 6. The summed E-state index contributed by atoms with van der Waals surface area (Å²) < 4.78 is 1.33. The third kappa shape index (κ3) is 3.04. The number of aromatic nitrogens is 3. The van der Waals surface area contributed by atoms with Crippen LogP contribution in [0.1, 0.15) is 5.56 Å². The van der Waals surface area contributed by atoms with Crippen molar-refractivity contribution in [2.45, 2.75) is 13.5 Å². The Balaban J connectivity index is 1.66. The Hall–Kier alpha value is -2.84. The van der Waals surface area contributed by atoms with Crippen LogP contribution in [-0.2, 0) is 11.3 Å². The summed E-state index contributed by atoms with van der Waals surface area (Å²) in [6.45, 7) is 1.75. The second-order valence-corrected chi connectivity index (χ2v) is 7.51. The molecule has 0 saturated carbocycles. The van der Waals surface area contributed by atoms with Crippen LogP contribution in [0.25, 0.3) is 20.7 Å². The standard InChI is InChI=1S/C18H14N4O2S2/c1-11-4-2-6-19-16(11)21-14(23)8-22-10-20-17-15(18(22)24)12(9-26-17)13-5-3-7-25-13/h2-7,9-10H,8H2,1H3,(H,19,21,23). The number of thiophene rings is 2. The molecule has 0 spiro atoms. The van der Waals surface area contributed by atoms with Crippen LogP contribution in [-0.4, -0.2) is 20.4 Å². The Labute approximate surface area is 156 Å². The fourth-order valence-corrected chi connectivity index (χ4v) is 4.36. The van der Waals surface area contributed by atoms with Gasteiger partial charge in [-0.3, -0.25) is 14.2 Å². The number of hydrogen-bond donors (Lipinski definition) is 1. The van der Waals surface area contributed by atoms with Crippen molar-refractivity contribution < 1.29 is 4.79 Å². The van der Waals surface area contributed by atoms with Gasteiger partial charge in [0.25, 0.3) is 5.56 Å². The normalized spacial score (nSPS) is 11.0. The highest BCUT2D eigenvalue weighted by atomic mass is 32.1. The molecule has 1 N–H and O–H groups in total. The van der Waals surface area contributed by atoms with Crippen molar-refractivity contribution in [1.29, 1.82) is 0 Å². The van der Waals surface area contributed by atoms with E-state index in [1.165, 1.54) is 22.2 Å². The van der Waals surface area contributed by atoms with Crippen LogP contribution in [0, 0.1) is 6.92 Å². The van der Waals surface area contributed by atoms with Gasteiger partial charge in [-0.05, 0) is 30.0 Å². The first-order valence-corrected chi connectivity index (χ1v) is 9.61. The van der Waals surface area contributed by atoms with E-state index in [2.05, 4.69) is 15.3 Å². The van der Waals surface area contributed by atoms with Gasteiger partial charge in [-0.1, -0.05) is 12.1 Å². The number of carbonyl (C=O) groups excluding carboxylic acids is 1. The zero-order valence-corrected chi connectivity index (χ0v) is 15.4. The van der Waals surface area contributed by atoms with Gasteiger partial charge in [0.2, 0.25) is 5.91 Å². The van der Waals surface area contributed by atoms with Crippen LogP contribution in [0.2, 0.25) is 0 Å². The summed E-state index contributed by atoms with van der Waals surface area (Å²) in [5.41, 5.74) is 1.51. The highest BCUT2D eigenvalue weighted by molar-refractivity contribution is 7.18. The first kappa shape index (κ1) is 16.6. The van der Waals surface area contributed by atoms with Gasteiger partial charge in [-0.15, -0.1) is 22.7 Å². The van der Waals surface area contributed by atoms with E-state index in [1.807, 2.05) is 35.9 Å². The zero-order chi connectivity index (χ0) is 18.1. The monoisotopic (exact) mass is 382 g/mol. The molecule has 0 radical (unpaired) electrons. The first-order chi connectivity index (χ1) is 12.6. The molecule has 4 aromatic heterocycles. The van der Waals surface area contributed by atoms with E-state index in [9.17, 15) is 9.59 Å². The lowest BCUT2D eigenvalue weighted by molar-refractivity contribution is -0.116. The second-order valence-electron chi connectivity index (χ2n) is 5.70. The summed E-state index contributed by atoms with van der Waals surface area (Å²) in [5.74, 6) is 0.178. The van der Waals surface area contributed by atoms with Gasteiger partial charge in [-0.2, -0.15) is 0 Å². The number of nitrogens with one attached hydrogen (secondary N) is 1. The van der Waals surface area contributed by atoms with Crippen LogP contribution >= 0.6 is 22.7 Å². The molecule has 1 amide bonds. The van der Waals surface area contributed by atoms with Crippen LogP contribution in [0.3, 0.4) is 0 Å². The van der Waals surface area contributed by atoms with E-state index in [-0.39, 0.29) is 18.0 Å². The molecule has 4 heterocycles. The Morgan fingerprint density at radius 1 is 1.23 bits per heavy atom. The van der Waals surface area contributed by atoms with E-state index < -0.39 is 0 Å². The summed E-state index contributed by atoms with van der Waals surface area (Å²) >= 11 is 3.00. The minimum atomic E-state index is -0.317. The van der Waals surface area contributed by atoms with Gasteiger partial charge >= 0.3 is 0 Å². The van der Waals surface area contributed by atoms with Gasteiger partial charge < -0.3 is 5.32 Å². The maximum atomic E-state index is 12.9. The molecule has 0 aliphatic heterocycles. The predicted molar refractivity (Wildman–Crippen MR) is 105 cm³/mol. The van der Waals surface area contributed by atoms with Gasteiger partial charge in [0.1, 0.15) is 17.2 Å². The number of pyridine rings is 1. The lowest BCUT2D eigenvalue weighted by Gasteiger charge is -2.08. The Kier molecular flexibility index (Phi) is 4.36. The Morgan fingerprint density at radius 3 is 2.88 bits per heavy atom. The van der Waals surface area contributed by atoms with Crippen molar-refractivity contribution in [2.75, 3.05) is 5.32 Å². The van der Waals surface area contributed by atoms with E-state index in [0.717, 1.165) is 16.0 Å². The molecular weight excluding hydrogens is 368 g/mol. The molecule has 6 nitrogen and oxygen atoms in total. The van der Waals surface area contributed by atoms with Crippen LogP contribution in [0.4, 0.5) is 5.82 Å². The number of fused-ring (bicyclic) bond motifs is 1. The predicted octanol–water partition coefficient (Wildman–Crippen LogP) is 3.53. The molecule has 0 bridgehead atoms. The maximum absolute atomic E-state index is 12.9. The number of aryl methyl sites for hydroxylation is 1. The van der Waals surface area contributed by atoms with Crippen LogP contribution < -0.4 is 10.9 Å². The van der Waals surface area contributed by atoms with Crippen molar-refractivity contribution in [3.05, 3.63) is 63.5 Å².